The van der Waals surface area contributed by atoms with Gasteiger partial charge in [-0.2, -0.15) is 0 Å². The fraction of sp³-hybridized carbons (Fsp3) is 0.808. The number of carbonyl (C=O) groups is 1. The van der Waals surface area contributed by atoms with Crippen LogP contribution in [0.15, 0.2) is 24.3 Å². The van der Waals surface area contributed by atoms with Gasteiger partial charge in [-0.25, -0.2) is 0 Å². The quantitative estimate of drug-likeness (QED) is 0.175. The summed E-state index contributed by atoms with van der Waals surface area (Å²) in [4.78, 5) is 13.4. The van der Waals surface area contributed by atoms with E-state index in [1.165, 1.54) is 51.4 Å². The number of unbranched alkanes of at least 4 members (excludes halogenated alkanes) is 8. The summed E-state index contributed by atoms with van der Waals surface area (Å²) in [6, 6.07) is 0. The molecule has 0 saturated carbocycles. The van der Waals surface area contributed by atoms with Crippen molar-refractivity contribution in [2.24, 2.45) is 11.8 Å². The number of rotatable bonds is 20. The topological polar surface area (TPSA) is 43.4 Å². The first kappa shape index (κ1) is 31.7. The van der Waals surface area contributed by atoms with Crippen molar-refractivity contribution in [1.82, 2.24) is 4.90 Å². The number of nitrogens with zero attached hydrogens (tertiary/aromatic N) is 1. The summed E-state index contributed by atoms with van der Waals surface area (Å²) in [5, 5.41) is 11.3. The first-order valence-corrected chi connectivity index (χ1v) is 12.3. The van der Waals surface area contributed by atoms with Gasteiger partial charge < -0.3 is 9.90 Å². The molecule has 0 rings (SSSR count). The van der Waals surface area contributed by atoms with Crippen LogP contribution in [0.25, 0.3) is 0 Å². The molecule has 0 aromatic heterocycles. The Morgan fingerprint density at radius 3 is 1.53 bits per heavy atom. The van der Waals surface area contributed by atoms with E-state index in [1.54, 1.807) is 0 Å². The van der Waals surface area contributed by atoms with Crippen LogP contribution < -0.4 is 24.0 Å². The molecule has 0 aromatic rings. The normalized spacial score (nSPS) is 13.8. The molecule has 0 amide bonds. The van der Waals surface area contributed by atoms with E-state index >= 15 is 0 Å². The molecule has 0 N–H and O–H groups in total. The van der Waals surface area contributed by atoms with Crippen LogP contribution in [0.3, 0.4) is 0 Å². The van der Waals surface area contributed by atoms with Crippen LogP contribution in [0.1, 0.15) is 105 Å². The van der Waals surface area contributed by atoms with Crippen LogP contribution in [0.2, 0.25) is 0 Å². The molecular formula is C26H48LiNO2. The third-order valence-electron chi connectivity index (χ3n) is 5.65. The van der Waals surface area contributed by atoms with E-state index in [2.05, 4.69) is 56.9 Å². The van der Waals surface area contributed by atoms with Crippen LogP contribution >= 0.6 is 0 Å². The van der Waals surface area contributed by atoms with Crippen LogP contribution in [-0.4, -0.2) is 30.5 Å². The summed E-state index contributed by atoms with van der Waals surface area (Å²) in [5.41, 5.74) is 0. The minimum Gasteiger partial charge on any atom is -0.549 e. The molecule has 0 aliphatic heterocycles. The van der Waals surface area contributed by atoms with Gasteiger partial charge in [0.2, 0.25) is 0 Å². The third-order valence-corrected chi connectivity index (χ3v) is 5.65. The van der Waals surface area contributed by atoms with Gasteiger partial charge in [0.25, 0.3) is 0 Å². The van der Waals surface area contributed by atoms with Gasteiger partial charge in [0.05, 0.1) is 5.97 Å². The number of carboxylic acid groups (broad SMARTS) is 1. The number of aliphatic carboxylic acids is 1. The molecule has 2 atom stereocenters. The van der Waals surface area contributed by atoms with E-state index in [-0.39, 0.29) is 25.4 Å². The molecule has 0 bridgehead atoms. The van der Waals surface area contributed by atoms with Crippen molar-refractivity contribution < 1.29 is 28.8 Å². The number of hydrogen-bond donors (Lipinski definition) is 0. The van der Waals surface area contributed by atoms with E-state index in [0.29, 0.717) is 11.8 Å². The minimum absolute atomic E-state index is 0. The predicted molar refractivity (Wildman–Crippen MR) is 125 cm³/mol. The van der Waals surface area contributed by atoms with E-state index in [1.807, 2.05) is 0 Å². The Balaban J connectivity index is 0. The molecular weight excluding hydrogens is 365 g/mol. The van der Waals surface area contributed by atoms with Crippen LogP contribution in [0.4, 0.5) is 0 Å². The maximum absolute atomic E-state index is 11.3. The average Bonchev–Trinajstić information content (AvgIpc) is 2.70. The van der Waals surface area contributed by atoms with Gasteiger partial charge in [-0.1, -0.05) is 90.5 Å². The van der Waals surface area contributed by atoms with Crippen molar-refractivity contribution >= 4 is 5.97 Å². The van der Waals surface area contributed by atoms with Crippen molar-refractivity contribution in [1.29, 1.82) is 0 Å². The van der Waals surface area contributed by atoms with Gasteiger partial charge in [-0.05, 0) is 50.4 Å². The Morgan fingerprint density at radius 1 is 0.767 bits per heavy atom. The average molecular weight is 414 g/mol. The molecule has 0 spiro atoms. The van der Waals surface area contributed by atoms with Gasteiger partial charge in [-0.3, -0.25) is 4.90 Å². The van der Waals surface area contributed by atoms with Gasteiger partial charge >= 0.3 is 18.9 Å². The molecule has 2 unspecified atom stereocenters. The summed E-state index contributed by atoms with van der Waals surface area (Å²) in [7, 11) is 0. The first-order chi connectivity index (χ1) is 14.1. The fourth-order valence-electron chi connectivity index (χ4n) is 3.66. The van der Waals surface area contributed by atoms with E-state index in [9.17, 15) is 9.90 Å². The molecule has 0 aliphatic carbocycles. The summed E-state index contributed by atoms with van der Waals surface area (Å²) in [5.74, 6) is -0.145. The summed E-state index contributed by atoms with van der Waals surface area (Å²) in [6.07, 6.45) is 23.8. The number of carboxylic acids is 1. The molecule has 170 valence electrons. The first-order valence-electron chi connectivity index (χ1n) is 12.3. The Bertz CT molecular complexity index is 405. The SMILES string of the molecule is CCCCCC/C=C/C(CC)CN(CC(=O)[O-])CC(/C=C/CCCCCC)CC.[Li+]. The summed E-state index contributed by atoms with van der Waals surface area (Å²) in [6.45, 7) is 10.5. The Kier molecular flexibility index (Phi) is 24.5. The Morgan fingerprint density at radius 2 is 1.20 bits per heavy atom. The van der Waals surface area contributed by atoms with Gasteiger partial charge in [-0.15, -0.1) is 0 Å². The summed E-state index contributed by atoms with van der Waals surface area (Å²) >= 11 is 0. The molecule has 0 radical (unpaired) electrons. The van der Waals surface area contributed by atoms with Crippen molar-refractivity contribution in [3.63, 3.8) is 0 Å². The third kappa shape index (κ3) is 19.5. The van der Waals surface area contributed by atoms with Crippen LogP contribution in [-0.2, 0) is 4.79 Å². The molecule has 0 aliphatic rings. The number of allylic oxidation sites excluding steroid dienone is 2. The van der Waals surface area contributed by atoms with Gasteiger partial charge in [0.1, 0.15) is 0 Å². The van der Waals surface area contributed by atoms with Gasteiger partial charge in [0.15, 0.2) is 0 Å². The van der Waals surface area contributed by atoms with Crippen molar-refractivity contribution in [2.75, 3.05) is 19.6 Å². The monoisotopic (exact) mass is 413 g/mol. The minimum atomic E-state index is -0.971. The number of carbonyl (C=O) groups excluding carboxylic acids is 1. The van der Waals surface area contributed by atoms with Crippen molar-refractivity contribution in [3.8, 4) is 0 Å². The summed E-state index contributed by atoms with van der Waals surface area (Å²) < 4.78 is 0. The molecule has 0 heterocycles. The van der Waals surface area contributed by atoms with Crippen molar-refractivity contribution in [3.05, 3.63) is 24.3 Å². The maximum Gasteiger partial charge on any atom is 1.00 e. The second-order valence-corrected chi connectivity index (χ2v) is 8.46. The Hall–Kier alpha value is -0.493. The fourth-order valence-corrected chi connectivity index (χ4v) is 3.66. The number of hydrogen-bond acceptors (Lipinski definition) is 3. The van der Waals surface area contributed by atoms with Crippen LogP contribution in [0.5, 0.6) is 0 Å². The van der Waals surface area contributed by atoms with E-state index in [4.69, 9.17) is 0 Å². The zero-order chi connectivity index (χ0) is 21.7. The van der Waals surface area contributed by atoms with Crippen molar-refractivity contribution in [2.45, 2.75) is 105 Å². The van der Waals surface area contributed by atoms with E-state index < -0.39 is 5.97 Å². The second kappa shape index (κ2) is 23.2. The standard InChI is InChI=1S/C26H49NO2.Li/c1-5-9-11-13-15-17-19-24(7-3)21-27(23-26(28)29)22-25(8-4)20-18-16-14-12-10-6-2;/h17-20,24-25H,5-16,21-23H2,1-4H3,(H,28,29);/q;+1/p-1/b19-17+,20-18+;. The zero-order valence-corrected chi connectivity index (χ0v) is 20.8. The second-order valence-electron chi connectivity index (χ2n) is 8.46. The predicted octanol–water partition coefficient (Wildman–Crippen LogP) is 3.15. The largest absolute Gasteiger partial charge is 1.00 e. The molecule has 3 nitrogen and oxygen atoms in total. The van der Waals surface area contributed by atoms with E-state index in [0.717, 1.165) is 38.8 Å². The molecule has 30 heavy (non-hydrogen) atoms. The smallest absolute Gasteiger partial charge is 0.549 e. The van der Waals surface area contributed by atoms with Gasteiger partial charge in [0, 0.05) is 19.6 Å². The maximum atomic E-state index is 11.3. The molecule has 0 saturated heterocycles. The molecule has 0 aromatic carbocycles. The Labute approximate surface area is 199 Å². The molecule has 4 heteroatoms. The van der Waals surface area contributed by atoms with Crippen LogP contribution in [0, 0.1) is 11.8 Å². The molecule has 0 fully saturated rings. The zero-order valence-electron chi connectivity index (χ0n) is 20.8.